The summed E-state index contributed by atoms with van der Waals surface area (Å²) in [5.41, 5.74) is 3.56. The van der Waals surface area contributed by atoms with Gasteiger partial charge in [-0.25, -0.2) is 8.42 Å². The molecule has 0 heterocycles. The van der Waals surface area contributed by atoms with Gasteiger partial charge < -0.3 is 10.6 Å². The molecule has 4 nitrogen and oxygen atoms in total. The van der Waals surface area contributed by atoms with E-state index < -0.39 is 9.84 Å². The van der Waals surface area contributed by atoms with Gasteiger partial charge in [0.15, 0.2) is 0 Å². The molecule has 0 amide bonds. The summed E-state index contributed by atoms with van der Waals surface area (Å²) in [5.74, 6) is 0. The van der Waals surface area contributed by atoms with Crippen LogP contribution in [0.25, 0.3) is 0 Å². The lowest BCUT2D eigenvalue weighted by atomic mass is 10.3. The van der Waals surface area contributed by atoms with Gasteiger partial charge in [-0.1, -0.05) is 36.4 Å². The maximum Gasteiger partial charge on any atom is 0.206 e. The molecule has 29 heavy (non-hydrogen) atoms. The first kappa shape index (κ1) is 18.8. The second-order valence-electron chi connectivity index (χ2n) is 6.53. The van der Waals surface area contributed by atoms with Crippen molar-refractivity contribution in [2.45, 2.75) is 9.79 Å². The van der Waals surface area contributed by atoms with Gasteiger partial charge in [0.2, 0.25) is 9.84 Å². The van der Waals surface area contributed by atoms with Crippen LogP contribution in [-0.2, 0) is 9.84 Å². The van der Waals surface area contributed by atoms with Crippen LogP contribution in [0, 0.1) is 0 Å². The van der Waals surface area contributed by atoms with Gasteiger partial charge in [0, 0.05) is 22.7 Å². The molecule has 0 spiro atoms. The summed E-state index contributed by atoms with van der Waals surface area (Å²) in [4.78, 5) is 0.528. The lowest BCUT2D eigenvalue weighted by Crippen LogP contribution is -2.02. The molecule has 2 N–H and O–H groups in total. The standard InChI is InChI=1S/C24H20N2O2S/c27-29(28,23-15-11-21(12-16-23)25-19-7-3-1-4-8-19)24-17-13-22(14-18-24)26-20-9-5-2-6-10-20/h1-18,25-26H. The zero-order valence-corrected chi connectivity index (χ0v) is 16.4. The smallest absolute Gasteiger partial charge is 0.206 e. The van der Waals surface area contributed by atoms with E-state index in [1.807, 2.05) is 60.7 Å². The van der Waals surface area contributed by atoms with E-state index in [9.17, 15) is 8.42 Å². The fraction of sp³-hybridized carbons (Fsp3) is 0. The third kappa shape index (κ3) is 4.47. The Balaban J connectivity index is 1.50. The molecular weight excluding hydrogens is 380 g/mol. The predicted octanol–water partition coefficient (Wildman–Crippen LogP) is 6.01. The SMILES string of the molecule is O=S(=O)(c1ccc(Nc2ccccc2)cc1)c1ccc(Nc2ccccc2)cc1. The minimum Gasteiger partial charge on any atom is -0.356 e. The first-order valence-electron chi connectivity index (χ1n) is 9.21. The highest BCUT2D eigenvalue weighted by molar-refractivity contribution is 7.91. The number of benzene rings is 4. The Hall–Kier alpha value is -3.57. The third-order valence-electron chi connectivity index (χ3n) is 4.45. The molecule has 144 valence electrons. The van der Waals surface area contributed by atoms with Gasteiger partial charge in [-0.15, -0.1) is 0 Å². The number of rotatable bonds is 6. The summed E-state index contributed by atoms with van der Waals surface area (Å²) in [6.07, 6.45) is 0. The normalized spacial score (nSPS) is 11.0. The Morgan fingerprint density at radius 2 is 0.724 bits per heavy atom. The summed E-state index contributed by atoms with van der Waals surface area (Å²) in [6, 6.07) is 33.0. The Kier molecular flexibility index (Phi) is 5.31. The van der Waals surface area contributed by atoms with Gasteiger partial charge in [0.05, 0.1) is 9.79 Å². The number of sulfone groups is 1. The summed E-state index contributed by atoms with van der Waals surface area (Å²) >= 11 is 0. The molecule has 5 heteroatoms. The molecule has 0 bridgehead atoms. The average Bonchev–Trinajstić information content (AvgIpc) is 2.76. The molecule has 0 aliphatic carbocycles. The van der Waals surface area contributed by atoms with Crippen molar-refractivity contribution < 1.29 is 8.42 Å². The molecule has 0 fully saturated rings. The Bertz CT molecular complexity index is 1080. The molecule has 4 aromatic rings. The van der Waals surface area contributed by atoms with Gasteiger partial charge in [0.1, 0.15) is 0 Å². The summed E-state index contributed by atoms with van der Waals surface area (Å²) in [6.45, 7) is 0. The van der Waals surface area contributed by atoms with E-state index in [4.69, 9.17) is 0 Å². The number of hydrogen-bond donors (Lipinski definition) is 2. The number of nitrogens with one attached hydrogen (secondary N) is 2. The van der Waals surface area contributed by atoms with Crippen LogP contribution in [0.1, 0.15) is 0 Å². The fourth-order valence-corrected chi connectivity index (χ4v) is 4.21. The van der Waals surface area contributed by atoms with Gasteiger partial charge in [-0.3, -0.25) is 0 Å². The van der Waals surface area contributed by atoms with Crippen LogP contribution >= 0.6 is 0 Å². The van der Waals surface area contributed by atoms with E-state index in [0.717, 1.165) is 22.7 Å². The van der Waals surface area contributed by atoms with Crippen LogP contribution in [0.5, 0.6) is 0 Å². The fourth-order valence-electron chi connectivity index (χ4n) is 2.95. The molecule has 4 rings (SSSR count). The van der Waals surface area contributed by atoms with Crippen molar-refractivity contribution in [1.82, 2.24) is 0 Å². The monoisotopic (exact) mass is 400 g/mol. The largest absolute Gasteiger partial charge is 0.356 e. The lowest BCUT2D eigenvalue weighted by molar-refractivity contribution is 0.596. The second-order valence-corrected chi connectivity index (χ2v) is 8.48. The van der Waals surface area contributed by atoms with Crippen LogP contribution in [-0.4, -0.2) is 8.42 Å². The number of anilines is 4. The van der Waals surface area contributed by atoms with Gasteiger partial charge in [0.25, 0.3) is 0 Å². The zero-order valence-electron chi connectivity index (χ0n) is 15.6. The van der Waals surface area contributed by atoms with Crippen molar-refractivity contribution in [1.29, 1.82) is 0 Å². The van der Waals surface area contributed by atoms with E-state index in [-0.39, 0.29) is 9.79 Å². The van der Waals surface area contributed by atoms with Crippen LogP contribution in [0.15, 0.2) is 119 Å². The molecule has 0 aromatic heterocycles. The number of hydrogen-bond acceptors (Lipinski definition) is 4. The summed E-state index contributed by atoms with van der Waals surface area (Å²) < 4.78 is 25.9. The minimum absolute atomic E-state index is 0.264. The van der Waals surface area contributed by atoms with E-state index >= 15 is 0 Å². The molecule has 0 radical (unpaired) electrons. The molecular formula is C24H20N2O2S. The van der Waals surface area contributed by atoms with Crippen molar-refractivity contribution in [3.05, 3.63) is 109 Å². The van der Waals surface area contributed by atoms with E-state index in [1.54, 1.807) is 48.5 Å². The Labute approximate surface area is 170 Å². The van der Waals surface area contributed by atoms with Crippen LogP contribution < -0.4 is 10.6 Å². The molecule has 0 unspecified atom stereocenters. The van der Waals surface area contributed by atoms with Crippen LogP contribution in [0.2, 0.25) is 0 Å². The molecule has 0 aliphatic heterocycles. The van der Waals surface area contributed by atoms with Crippen molar-refractivity contribution in [3.63, 3.8) is 0 Å². The van der Waals surface area contributed by atoms with Gasteiger partial charge in [-0.2, -0.15) is 0 Å². The molecule has 4 aromatic carbocycles. The van der Waals surface area contributed by atoms with Gasteiger partial charge in [-0.05, 0) is 72.8 Å². The lowest BCUT2D eigenvalue weighted by Gasteiger charge is -2.10. The Morgan fingerprint density at radius 3 is 1.07 bits per heavy atom. The van der Waals surface area contributed by atoms with E-state index in [2.05, 4.69) is 10.6 Å². The van der Waals surface area contributed by atoms with Crippen LogP contribution in [0.3, 0.4) is 0 Å². The van der Waals surface area contributed by atoms with E-state index in [0.29, 0.717) is 0 Å². The van der Waals surface area contributed by atoms with Crippen LogP contribution in [0.4, 0.5) is 22.7 Å². The highest BCUT2D eigenvalue weighted by Gasteiger charge is 2.17. The maximum absolute atomic E-state index is 12.9. The molecule has 0 aliphatic rings. The Morgan fingerprint density at radius 1 is 0.414 bits per heavy atom. The maximum atomic E-state index is 12.9. The van der Waals surface area contributed by atoms with E-state index in [1.165, 1.54) is 0 Å². The highest BCUT2D eigenvalue weighted by Crippen LogP contribution is 2.25. The van der Waals surface area contributed by atoms with Crippen molar-refractivity contribution >= 4 is 32.6 Å². The molecule has 0 atom stereocenters. The third-order valence-corrected chi connectivity index (χ3v) is 6.24. The van der Waals surface area contributed by atoms with Crippen molar-refractivity contribution in [3.8, 4) is 0 Å². The first-order valence-corrected chi connectivity index (χ1v) is 10.7. The topological polar surface area (TPSA) is 58.2 Å². The van der Waals surface area contributed by atoms with Crippen molar-refractivity contribution in [2.24, 2.45) is 0 Å². The average molecular weight is 401 g/mol. The van der Waals surface area contributed by atoms with Gasteiger partial charge >= 0.3 is 0 Å². The first-order chi connectivity index (χ1) is 14.1. The quantitative estimate of drug-likeness (QED) is 0.416. The molecule has 0 saturated carbocycles. The van der Waals surface area contributed by atoms with Crippen molar-refractivity contribution in [2.75, 3.05) is 10.6 Å². The minimum atomic E-state index is -3.57. The zero-order chi connectivity index (χ0) is 20.1. The predicted molar refractivity (Wildman–Crippen MR) is 118 cm³/mol. The molecule has 0 saturated heterocycles. The number of para-hydroxylation sites is 2. The summed E-state index contributed by atoms with van der Waals surface area (Å²) in [5, 5.41) is 6.50. The summed E-state index contributed by atoms with van der Waals surface area (Å²) in [7, 11) is -3.57. The highest BCUT2D eigenvalue weighted by atomic mass is 32.2. The second kappa shape index (κ2) is 8.20.